The number of halogens is 2. The van der Waals surface area contributed by atoms with Crippen LogP contribution in [0.2, 0.25) is 5.02 Å². The van der Waals surface area contributed by atoms with Crippen LogP contribution in [-0.4, -0.2) is 28.8 Å². The molecule has 1 unspecified atom stereocenters. The Kier molecular flexibility index (Phi) is 6.35. The standard InChI is InChI=1S/C22H24ClFN4O/c1-14-19(15(2)28(26-14)18-8-6-5-7-9-18)13-27(4)16(3)22(29)25-21-11-10-17(24)12-20(21)23/h5-12,16H,13H2,1-4H3,(H,25,29)/p+1/t16-/m0/s1. The third kappa shape index (κ3) is 4.66. The number of nitrogens with zero attached hydrogens (tertiary/aromatic N) is 2. The maximum atomic E-state index is 13.2. The normalized spacial score (nSPS) is 13.2. The summed E-state index contributed by atoms with van der Waals surface area (Å²) in [5.74, 6) is -0.619. The van der Waals surface area contributed by atoms with E-state index in [4.69, 9.17) is 11.6 Å². The van der Waals surface area contributed by atoms with Crippen LogP contribution in [0, 0.1) is 19.7 Å². The molecule has 1 heterocycles. The van der Waals surface area contributed by atoms with Crippen molar-refractivity contribution >= 4 is 23.2 Å². The van der Waals surface area contributed by atoms with E-state index in [0.717, 1.165) is 27.5 Å². The molecule has 0 bridgehead atoms. The summed E-state index contributed by atoms with van der Waals surface area (Å²) in [6, 6.07) is 13.6. The van der Waals surface area contributed by atoms with Crippen molar-refractivity contribution in [3.05, 3.63) is 76.3 Å². The summed E-state index contributed by atoms with van der Waals surface area (Å²) in [4.78, 5) is 13.7. The third-order valence-corrected chi connectivity index (χ3v) is 5.53. The van der Waals surface area contributed by atoms with E-state index in [1.165, 1.54) is 18.2 Å². The number of carbonyl (C=O) groups excluding carboxylic acids is 1. The number of carbonyl (C=O) groups is 1. The molecular weight excluding hydrogens is 391 g/mol. The molecular formula is C22H25ClFN4O+. The lowest BCUT2D eigenvalue weighted by Crippen LogP contribution is -3.12. The fourth-order valence-corrected chi connectivity index (χ4v) is 3.45. The van der Waals surface area contributed by atoms with E-state index < -0.39 is 5.82 Å². The number of quaternary nitrogens is 1. The lowest BCUT2D eigenvalue weighted by Gasteiger charge is -2.21. The minimum absolute atomic E-state index is 0.179. The molecule has 0 spiro atoms. The number of hydrogen-bond acceptors (Lipinski definition) is 2. The summed E-state index contributed by atoms with van der Waals surface area (Å²) in [6.07, 6.45) is 0. The van der Waals surface area contributed by atoms with Gasteiger partial charge in [0.25, 0.3) is 5.91 Å². The maximum Gasteiger partial charge on any atom is 0.282 e. The van der Waals surface area contributed by atoms with Gasteiger partial charge in [0.2, 0.25) is 0 Å². The van der Waals surface area contributed by atoms with E-state index in [2.05, 4.69) is 10.4 Å². The van der Waals surface area contributed by atoms with Gasteiger partial charge in [-0.25, -0.2) is 9.07 Å². The second-order valence-electron chi connectivity index (χ2n) is 7.25. The molecule has 7 heteroatoms. The van der Waals surface area contributed by atoms with Crippen LogP contribution < -0.4 is 10.2 Å². The van der Waals surface area contributed by atoms with Crippen molar-refractivity contribution in [3.8, 4) is 5.69 Å². The second-order valence-corrected chi connectivity index (χ2v) is 7.66. The number of rotatable bonds is 6. The molecule has 152 valence electrons. The van der Waals surface area contributed by atoms with Gasteiger partial charge in [0.1, 0.15) is 12.4 Å². The van der Waals surface area contributed by atoms with E-state index in [1.54, 1.807) is 0 Å². The van der Waals surface area contributed by atoms with Gasteiger partial charge in [-0.1, -0.05) is 29.8 Å². The van der Waals surface area contributed by atoms with Crippen LogP contribution in [0.3, 0.4) is 0 Å². The van der Waals surface area contributed by atoms with Crippen LogP contribution >= 0.6 is 11.6 Å². The first-order chi connectivity index (χ1) is 13.8. The zero-order chi connectivity index (χ0) is 21.1. The summed E-state index contributed by atoms with van der Waals surface area (Å²) >= 11 is 6.02. The smallest absolute Gasteiger partial charge is 0.282 e. The van der Waals surface area contributed by atoms with Crippen LogP contribution in [0.15, 0.2) is 48.5 Å². The minimum atomic E-state index is -0.440. The van der Waals surface area contributed by atoms with Gasteiger partial charge < -0.3 is 10.2 Å². The van der Waals surface area contributed by atoms with Gasteiger partial charge in [-0.3, -0.25) is 4.79 Å². The van der Waals surface area contributed by atoms with Crippen LogP contribution in [-0.2, 0) is 11.3 Å². The fourth-order valence-electron chi connectivity index (χ4n) is 3.24. The first kappa shape index (κ1) is 21.0. The topological polar surface area (TPSA) is 51.4 Å². The van der Waals surface area contributed by atoms with E-state index in [9.17, 15) is 9.18 Å². The largest absolute Gasteiger partial charge is 0.324 e. The molecule has 0 aliphatic heterocycles. The van der Waals surface area contributed by atoms with Gasteiger partial charge in [0, 0.05) is 0 Å². The molecule has 0 saturated carbocycles. The zero-order valence-corrected chi connectivity index (χ0v) is 17.7. The zero-order valence-electron chi connectivity index (χ0n) is 17.0. The van der Waals surface area contributed by atoms with Gasteiger partial charge in [0.05, 0.1) is 40.4 Å². The first-order valence-corrected chi connectivity index (χ1v) is 9.84. The molecule has 1 aromatic heterocycles. The van der Waals surface area contributed by atoms with E-state index in [1.807, 2.05) is 62.8 Å². The summed E-state index contributed by atoms with van der Waals surface area (Å²) in [5.41, 5.74) is 4.53. The van der Waals surface area contributed by atoms with Gasteiger partial charge in [-0.15, -0.1) is 0 Å². The van der Waals surface area contributed by atoms with Gasteiger partial charge in [0.15, 0.2) is 6.04 Å². The van der Waals surface area contributed by atoms with Gasteiger partial charge in [-0.05, 0) is 51.1 Å². The number of benzene rings is 2. The molecule has 1 amide bonds. The number of para-hydroxylation sites is 1. The molecule has 0 aliphatic rings. The molecule has 0 aliphatic carbocycles. The molecule has 0 saturated heterocycles. The van der Waals surface area contributed by atoms with Crippen molar-refractivity contribution in [2.24, 2.45) is 0 Å². The number of amides is 1. The highest BCUT2D eigenvalue weighted by molar-refractivity contribution is 6.33. The van der Waals surface area contributed by atoms with Crippen molar-refractivity contribution in [1.82, 2.24) is 9.78 Å². The first-order valence-electron chi connectivity index (χ1n) is 9.46. The Morgan fingerprint density at radius 2 is 1.93 bits per heavy atom. The number of aryl methyl sites for hydroxylation is 1. The highest BCUT2D eigenvalue weighted by Crippen LogP contribution is 2.22. The molecule has 0 fully saturated rings. The highest BCUT2D eigenvalue weighted by Gasteiger charge is 2.25. The molecule has 0 radical (unpaired) electrons. The van der Waals surface area contributed by atoms with Crippen molar-refractivity contribution in [1.29, 1.82) is 0 Å². The lowest BCUT2D eigenvalue weighted by atomic mass is 10.1. The molecule has 2 N–H and O–H groups in total. The molecule has 2 atom stereocenters. The predicted octanol–water partition coefficient (Wildman–Crippen LogP) is 3.32. The Bertz CT molecular complexity index is 1020. The van der Waals surface area contributed by atoms with Crippen molar-refractivity contribution in [2.45, 2.75) is 33.4 Å². The predicted molar refractivity (Wildman–Crippen MR) is 113 cm³/mol. The Hall–Kier alpha value is -2.70. The maximum absolute atomic E-state index is 13.2. The van der Waals surface area contributed by atoms with E-state index >= 15 is 0 Å². The summed E-state index contributed by atoms with van der Waals surface area (Å²) in [7, 11) is 1.97. The number of aromatic nitrogens is 2. The van der Waals surface area contributed by atoms with Crippen LogP contribution in [0.25, 0.3) is 5.69 Å². The minimum Gasteiger partial charge on any atom is -0.324 e. The number of likely N-dealkylation sites (N-methyl/N-ethyl adjacent to an activating group) is 1. The van der Waals surface area contributed by atoms with E-state index in [0.29, 0.717) is 12.2 Å². The second kappa shape index (κ2) is 8.76. The monoisotopic (exact) mass is 415 g/mol. The fraction of sp³-hybridized carbons (Fsp3) is 0.273. The van der Waals surface area contributed by atoms with Gasteiger partial charge >= 0.3 is 0 Å². The van der Waals surface area contributed by atoms with Crippen LogP contribution in [0.4, 0.5) is 10.1 Å². The summed E-state index contributed by atoms with van der Waals surface area (Å²) < 4.78 is 15.1. The highest BCUT2D eigenvalue weighted by atomic mass is 35.5. The Labute approximate surface area is 175 Å². The Balaban J connectivity index is 1.73. The quantitative estimate of drug-likeness (QED) is 0.649. The van der Waals surface area contributed by atoms with Crippen molar-refractivity contribution in [2.75, 3.05) is 12.4 Å². The summed E-state index contributed by atoms with van der Waals surface area (Å²) in [5, 5.41) is 7.64. The SMILES string of the molecule is Cc1nn(-c2ccccc2)c(C)c1C[NH+](C)[C@@H](C)C(=O)Nc1ccc(F)cc1Cl. The molecule has 5 nitrogen and oxygen atoms in total. The molecule has 2 aromatic carbocycles. The number of nitrogens with one attached hydrogen (secondary N) is 2. The Morgan fingerprint density at radius 3 is 2.59 bits per heavy atom. The summed E-state index contributed by atoms with van der Waals surface area (Å²) in [6.45, 7) is 6.53. The Morgan fingerprint density at radius 1 is 1.24 bits per heavy atom. The van der Waals surface area contributed by atoms with Crippen molar-refractivity contribution < 1.29 is 14.1 Å². The van der Waals surface area contributed by atoms with Gasteiger partial charge in [-0.2, -0.15) is 5.10 Å². The van der Waals surface area contributed by atoms with Crippen molar-refractivity contribution in [3.63, 3.8) is 0 Å². The number of anilines is 1. The van der Waals surface area contributed by atoms with Crippen LogP contribution in [0.1, 0.15) is 23.9 Å². The lowest BCUT2D eigenvalue weighted by molar-refractivity contribution is -0.907. The average Bonchev–Trinajstić information content (AvgIpc) is 2.98. The average molecular weight is 416 g/mol. The van der Waals surface area contributed by atoms with Crippen LogP contribution in [0.5, 0.6) is 0 Å². The number of hydrogen-bond donors (Lipinski definition) is 2. The molecule has 3 rings (SSSR count). The molecule has 29 heavy (non-hydrogen) atoms. The third-order valence-electron chi connectivity index (χ3n) is 5.22. The molecule has 3 aromatic rings. The van der Waals surface area contributed by atoms with E-state index in [-0.39, 0.29) is 17.0 Å².